The number of hydrogen-bond acceptors (Lipinski definition) is 2. The van der Waals surface area contributed by atoms with E-state index in [1.807, 2.05) is 13.8 Å². The summed E-state index contributed by atoms with van der Waals surface area (Å²) in [5, 5.41) is 12.4. The molecule has 0 fully saturated rings. The molecular weight excluding hydrogens is 178 g/mol. The van der Waals surface area contributed by atoms with Crippen molar-refractivity contribution in [3.8, 4) is 0 Å². The lowest BCUT2D eigenvalue weighted by molar-refractivity contribution is -0.145. The van der Waals surface area contributed by atoms with Gasteiger partial charge in [0.25, 0.3) is 0 Å². The van der Waals surface area contributed by atoms with Gasteiger partial charge in [-0.15, -0.1) is 0 Å². The smallest absolute Gasteiger partial charge is 0.323 e. The Morgan fingerprint density at radius 2 is 1.64 bits per heavy atom. The SMILES string of the molecule is CCCNC(CCC)(CCC)C(=O)O. The first-order valence-corrected chi connectivity index (χ1v) is 5.61. The van der Waals surface area contributed by atoms with E-state index in [1.54, 1.807) is 0 Å². The molecule has 0 saturated heterocycles. The van der Waals surface area contributed by atoms with Crippen molar-refractivity contribution >= 4 is 5.97 Å². The predicted octanol–water partition coefficient (Wildman–Crippen LogP) is 2.41. The fraction of sp³-hybridized carbons (Fsp3) is 0.909. The van der Waals surface area contributed by atoms with Gasteiger partial charge in [-0.25, -0.2) is 0 Å². The van der Waals surface area contributed by atoms with Gasteiger partial charge in [-0.1, -0.05) is 33.6 Å². The number of rotatable bonds is 8. The van der Waals surface area contributed by atoms with Crippen LogP contribution in [0.4, 0.5) is 0 Å². The molecule has 0 aliphatic heterocycles. The quantitative estimate of drug-likeness (QED) is 0.634. The van der Waals surface area contributed by atoms with Crippen molar-refractivity contribution in [1.82, 2.24) is 5.32 Å². The fourth-order valence-corrected chi connectivity index (χ4v) is 1.81. The molecule has 0 spiro atoms. The molecule has 0 aromatic carbocycles. The molecule has 0 aliphatic carbocycles. The molecule has 84 valence electrons. The van der Waals surface area contributed by atoms with Crippen LogP contribution in [-0.4, -0.2) is 23.2 Å². The Morgan fingerprint density at radius 3 is 1.93 bits per heavy atom. The summed E-state index contributed by atoms with van der Waals surface area (Å²) >= 11 is 0. The fourth-order valence-electron chi connectivity index (χ4n) is 1.81. The van der Waals surface area contributed by atoms with Gasteiger partial charge >= 0.3 is 5.97 Å². The molecular formula is C11H23NO2. The van der Waals surface area contributed by atoms with E-state index in [1.165, 1.54) is 0 Å². The first-order valence-electron chi connectivity index (χ1n) is 5.61. The van der Waals surface area contributed by atoms with Crippen LogP contribution in [0.2, 0.25) is 0 Å². The second-order valence-corrected chi connectivity index (χ2v) is 3.81. The Kier molecular flexibility index (Phi) is 6.54. The molecule has 0 atom stereocenters. The van der Waals surface area contributed by atoms with Crippen molar-refractivity contribution in [3.63, 3.8) is 0 Å². The Bertz CT molecular complexity index is 163. The van der Waals surface area contributed by atoms with E-state index in [2.05, 4.69) is 12.2 Å². The van der Waals surface area contributed by atoms with Crippen LogP contribution >= 0.6 is 0 Å². The zero-order valence-electron chi connectivity index (χ0n) is 9.60. The van der Waals surface area contributed by atoms with E-state index in [4.69, 9.17) is 0 Å². The number of aliphatic carboxylic acids is 1. The van der Waals surface area contributed by atoms with E-state index < -0.39 is 11.5 Å². The third kappa shape index (κ3) is 3.66. The van der Waals surface area contributed by atoms with Crippen molar-refractivity contribution in [3.05, 3.63) is 0 Å². The summed E-state index contributed by atoms with van der Waals surface area (Å²) in [4.78, 5) is 11.2. The van der Waals surface area contributed by atoms with Crippen LogP contribution in [0.5, 0.6) is 0 Å². The minimum atomic E-state index is -0.699. The number of carboxylic acid groups (broad SMARTS) is 1. The van der Waals surface area contributed by atoms with Crippen molar-refractivity contribution in [1.29, 1.82) is 0 Å². The summed E-state index contributed by atoms with van der Waals surface area (Å²) in [7, 11) is 0. The van der Waals surface area contributed by atoms with Crippen molar-refractivity contribution in [2.45, 2.75) is 58.4 Å². The highest BCUT2D eigenvalue weighted by Crippen LogP contribution is 2.20. The van der Waals surface area contributed by atoms with Gasteiger partial charge in [-0.3, -0.25) is 4.79 Å². The van der Waals surface area contributed by atoms with Gasteiger partial charge in [0, 0.05) is 0 Å². The van der Waals surface area contributed by atoms with E-state index >= 15 is 0 Å². The number of carbonyl (C=O) groups is 1. The molecule has 0 unspecified atom stereocenters. The van der Waals surface area contributed by atoms with Crippen LogP contribution in [0.3, 0.4) is 0 Å². The maximum absolute atomic E-state index is 11.2. The third-order valence-electron chi connectivity index (χ3n) is 2.48. The number of nitrogens with one attached hydrogen (secondary N) is 1. The highest BCUT2D eigenvalue weighted by atomic mass is 16.4. The maximum atomic E-state index is 11.2. The Morgan fingerprint density at radius 1 is 1.14 bits per heavy atom. The molecule has 2 N–H and O–H groups in total. The molecule has 0 radical (unpaired) electrons. The predicted molar refractivity (Wildman–Crippen MR) is 58.5 cm³/mol. The first-order chi connectivity index (χ1) is 6.63. The molecule has 3 nitrogen and oxygen atoms in total. The summed E-state index contributed by atoms with van der Waals surface area (Å²) in [6.07, 6.45) is 4.22. The highest BCUT2D eigenvalue weighted by Gasteiger charge is 2.35. The summed E-state index contributed by atoms with van der Waals surface area (Å²) in [6, 6.07) is 0. The summed E-state index contributed by atoms with van der Waals surface area (Å²) < 4.78 is 0. The molecule has 0 amide bonds. The van der Waals surface area contributed by atoms with Crippen LogP contribution in [-0.2, 0) is 4.79 Å². The molecule has 0 rings (SSSR count). The minimum Gasteiger partial charge on any atom is -0.480 e. The number of carboxylic acids is 1. The summed E-state index contributed by atoms with van der Waals surface area (Å²) in [5.74, 6) is -0.699. The summed E-state index contributed by atoms with van der Waals surface area (Å²) in [5.41, 5.74) is -0.681. The maximum Gasteiger partial charge on any atom is 0.323 e. The van der Waals surface area contributed by atoms with E-state index in [9.17, 15) is 9.90 Å². The van der Waals surface area contributed by atoms with Crippen LogP contribution in [0.15, 0.2) is 0 Å². The van der Waals surface area contributed by atoms with Gasteiger partial charge in [0.05, 0.1) is 0 Å². The minimum absolute atomic E-state index is 0.681. The van der Waals surface area contributed by atoms with Crippen LogP contribution in [0, 0.1) is 0 Å². The molecule has 0 bridgehead atoms. The molecule has 0 aromatic rings. The first kappa shape index (κ1) is 13.4. The van der Waals surface area contributed by atoms with E-state index in [-0.39, 0.29) is 0 Å². The Balaban J connectivity index is 4.46. The molecule has 0 aliphatic rings. The van der Waals surface area contributed by atoms with Gasteiger partial charge in [0.1, 0.15) is 5.54 Å². The standard InChI is InChI=1S/C11H23NO2/c1-4-7-11(8-5-2,10(13)14)12-9-6-3/h12H,4-9H2,1-3H3,(H,13,14). The average Bonchev–Trinajstić information content (AvgIpc) is 2.14. The van der Waals surface area contributed by atoms with Gasteiger partial charge in [-0.05, 0) is 25.8 Å². The highest BCUT2D eigenvalue weighted by molar-refractivity contribution is 5.78. The van der Waals surface area contributed by atoms with Gasteiger partial charge in [0.15, 0.2) is 0 Å². The van der Waals surface area contributed by atoms with Gasteiger partial charge in [-0.2, -0.15) is 0 Å². The lowest BCUT2D eigenvalue weighted by Crippen LogP contribution is -2.52. The zero-order chi connectivity index (χ0) is 11.0. The normalized spacial score (nSPS) is 11.6. The topological polar surface area (TPSA) is 49.3 Å². The Labute approximate surface area is 86.9 Å². The lowest BCUT2D eigenvalue weighted by atomic mass is 9.88. The Hall–Kier alpha value is -0.570. The van der Waals surface area contributed by atoms with Crippen molar-refractivity contribution in [2.75, 3.05) is 6.54 Å². The van der Waals surface area contributed by atoms with Crippen molar-refractivity contribution in [2.24, 2.45) is 0 Å². The van der Waals surface area contributed by atoms with Gasteiger partial charge in [0.2, 0.25) is 0 Å². The van der Waals surface area contributed by atoms with Crippen molar-refractivity contribution < 1.29 is 9.90 Å². The molecule has 3 heteroatoms. The second-order valence-electron chi connectivity index (χ2n) is 3.81. The average molecular weight is 201 g/mol. The van der Waals surface area contributed by atoms with E-state index in [0.717, 1.165) is 38.6 Å². The van der Waals surface area contributed by atoms with Gasteiger partial charge < -0.3 is 10.4 Å². The van der Waals surface area contributed by atoms with Crippen LogP contribution in [0.1, 0.15) is 52.9 Å². The molecule has 0 saturated carbocycles. The lowest BCUT2D eigenvalue weighted by Gasteiger charge is -2.30. The third-order valence-corrected chi connectivity index (χ3v) is 2.48. The monoisotopic (exact) mass is 201 g/mol. The number of hydrogen-bond donors (Lipinski definition) is 2. The molecule has 0 heterocycles. The van der Waals surface area contributed by atoms with Crippen LogP contribution < -0.4 is 5.32 Å². The largest absolute Gasteiger partial charge is 0.480 e. The molecule has 14 heavy (non-hydrogen) atoms. The molecule has 0 aromatic heterocycles. The second kappa shape index (κ2) is 6.82. The van der Waals surface area contributed by atoms with Crippen LogP contribution in [0.25, 0.3) is 0 Å². The summed E-state index contributed by atoms with van der Waals surface area (Å²) in [6.45, 7) is 6.89. The van der Waals surface area contributed by atoms with E-state index in [0.29, 0.717) is 0 Å². The zero-order valence-corrected chi connectivity index (χ0v) is 9.60.